The molecule has 2 rings (SSSR count). The van der Waals surface area contributed by atoms with Gasteiger partial charge < -0.3 is 14.8 Å². The number of aliphatic hydroxyl groups excluding tert-OH is 1. The molecule has 1 aromatic heterocycles. The van der Waals surface area contributed by atoms with E-state index in [0.29, 0.717) is 22.8 Å². The highest BCUT2D eigenvalue weighted by molar-refractivity contribution is 5.96. The molecule has 2 aromatic rings. The van der Waals surface area contributed by atoms with E-state index in [1.165, 1.54) is 0 Å². The number of oxazole rings is 1. The predicted molar refractivity (Wildman–Crippen MR) is 72.8 cm³/mol. The standard InChI is InChI=1S/C15H14N2O3/c1-11-9-16-14(20-11)10-17-15(19)13-7-3-2-5-12(13)6-4-8-18/h2-3,5,7,9,18H,8,10H2,1H3,(H,17,19). The number of aryl methyl sites for hydroxylation is 1. The van der Waals surface area contributed by atoms with E-state index in [1.807, 2.05) is 0 Å². The molecule has 0 fully saturated rings. The molecular weight excluding hydrogens is 256 g/mol. The van der Waals surface area contributed by atoms with Crippen LogP contribution in [0.3, 0.4) is 0 Å². The number of aromatic nitrogens is 1. The van der Waals surface area contributed by atoms with Gasteiger partial charge in [-0.25, -0.2) is 4.98 Å². The molecule has 5 heteroatoms. The summed E-state index contributed by atoms with van der Waals surface area (Å²) in [6.07, 6.45) is 1.60. The number of hydrogen-bond acceptors (Lipinski definition) is 4. The molecule has 5 nitrogen and oxygen atoms in total. The van der Waals surface area contributed by atoms with Gasteiger partial charge in [0.2, 0.25) is 5.89 Å². The van der Waals surface area contributed by atoms with Gasteiger partial charge in [-0.3, -0.25) is 4.79 Å². The first-order valence-corrected chi connectivity index (χ1v) is 6.09. The summed E-state index contributed by atoms with van der Waals surface area (Å²) in [4.78, 5) is 16.1. The summed E-state index contributed by atoms with van der Waals surface area (Å²) in [7, 11) is 0. The van der Waals surface area contributed by atoms with E-state index < -0.39 is 0 Å². The lowest BCUT2D eigenvalue weighted by Crippen LogP contribution is -2.23. The number of carbonyl (C=O) groups is 1. The molecule has 0 aliphatic heterocycles. The highest BCUT2D eigenvalue weighted by Gasteiger charge is 2.10. The van der Waals surface area contributed by atoms with Crippen LogP contribution in [-0.4, -0.2) is 22.6 Å². The van der Waals surface area contributed by atoms with Crippen LogP contribution in [-0.2, 0) is 6.54 Å². The van der Waals surface area contributed by atoms with Crippen molar-refractivity contribution >= 4 is 5.91 Å². The number of nitrogens with one attached hydrogen (secondary N) is 1. The quantitative estimate of drug-likeness (QED) is 0.823. The van der Waals surface area contributed by atoms with Crippen molar-refractivity contribution < 1.29 is 14.3 Å². The number of hydrogen-bond donors (Lipinski definition) is 2. The van der Waals surface area contributed by atoms with Crippen molar-refractivity contribution in [2.24, 2.45) is 0 Å². The second-order valence-electron chi connectivity index (χ2n) is 4.05. The van der Waals surface area contributed by atoms with Gasteiger partial charge in [-0.2, -0.15) is 0 Å². The number of carbonyl (C=O) groups excluding carboxylic acids is 1. The molecule has 1 aromatic carbocycles. The van der Waals surface area contributed by atoms with E-state index in [-0.39, 0.29) is 19.1 Å². The summed E-state index contributed by atoms with van der Waals surface area (Å²) in [5.41, 5.74) is 1.03. The van der Waals surface area contributed by atoms with Crippen LogP contribution in [0.25, 0.3) is 0 Å². The van der Waals surface area contributed by atoms with Crippen molar-refractivity contribution in [2.45, 2.75) is 13.5 Å². The molecule has 0 bridgehead atoms. The Morgan fingerprint density at radius 3 is 2.95 bits per heavy atom. The molecule has 0 aliphatic carbocycles. The van der Waals surface area contributed by atoms with E-state index in [0.717, 1.165) is 0 Å². The predicted octanol–water partition coefficient (Wildman–Crippen LogP) is 1.26. The van der Waals surface area contributed by atoms with Gasteiger partial charge in [-0.1, -0.05) is 24.0 Å². The number of aliphatic hydroxyl groups is 1. The normalized spacial score (nSPS) is 9.70. The SMILES string of the molecule is Cc1cnc(CNC(=O)c2ccccc2C#CCO)o1. The molecule has 102 valence electrons. The maximum Gasteiger partial charge on any atom is 0.252 e. The topological polar surface area (TPSA) is 75.4 Å². The van der Waals surface area contributed by atoms with Gasteiger partial charge in [0, 0.05) is 5.56 Å². The fourth-order valence-electron chi connectivity index (χ4n) is 1.66. The largest absolute Gasteiger partial charge is 0.444 e. The van der Waals surface area contributed by atoms with Gasteiger partial charge in [0.1, 0.15) is 12.4 Å². The maximum absolute atomic E-state index is 12.1. The molecule has 0 saturated carbocycles. The Kier molecular flexibility index (Phi) is 4.53. The second-order valence-corrected chi connectivity index (χ2v) is 4.05. The van der Waals surface area contributed by atoms with Crippen LogP contribution in [0.15, 0.2) is 34.9 Å². The van der Waals surface area contributed by atoms with Crippen LogP contribution < -0.4 is 5.32 Å². The summed E-state index contributed by atoms with van der Waals surface area (Å²) in [5, 5.41) is 11.4. The fourth-order valence-corrected chi connectivity index (χ4v) is 1.66. The molecule has 1 heterocycles. The van der Waals surface area contributed by atoms with Gasteiger partial charge >= 0.3 is 0 Å². The lowest BCUT2D eigenvalue weighted by molar-refractivity contribution is 0.0947. The van der Waals surface area contributed by atoms with Crippen LogP contribution in [0, 0.1) is 18.8 Å². The lowest BCUT2D eigenvalue weighted by atomic mass is 10.1. The van der Waals surface area contributed by atoms with Crippen molar-refractivity contribution in [1.82, 2.24) is 10.3 Å². The Bertz CT molecular complexity index is 665. The molecule has 0 saturated heterocycles. The Morgan fingerprint density at radius 2 is 2.25 bits per heavy atom. The Morgan fingerprint density at radius 1 is 1.45 bits per heavy atom. The van der Waals surface area contributed by atoms with E-state index >= 15 is 0 Å². The maximum atomic E-state index is 12.1. The van der Waals surface area contributed by atoms with Gasteiger partial charge in [0.15, 0.2) is 0 Å². The Hall–Kier alpha value is -2.58. The van der Waals surface area contributed by atoms with Gasteiger partial charge in [-0.15, -0.1) is 0 Å². The van der Waals surface area contributed by atoms with E-state index in [1.54, 1.807) is 37.4 Å². The van der Waals surface area contributed by atoms with Crippen molar-refractivity contribution in [1.29, 1.82) is 0 Å². The molecule has 20 heavy (non-hydrogen) atoms. The summed E-state index contributed by atoms with van der Waals surface area (Å²) >= 11 is 0. The number of rotatable bonds is 3. The highest BCUT2D eigenvalue weighted by Crippen LogP contribution is 2.08. The highest BCUT2D eigenvalue weighted by atomic mass is 16.4. The van der Waals surface area contributed by atoms with Crippen LogP contribution in [0.5, 0.6) is 0 Å². The zero-order chi connectivity index (χ0) is 14.4. The van der Waals surface area contributed by atoms with Gasteiger partial charge in [-0.05, 0) is 19.1 Å². The first kappa shape index (κ1) is 13.8. The third-order valence-electron chi connectivity index (χ3n) is 2.54. The Balaban J connectivity index is 2.09. The van der Waals surface area contributed by atoms with E-state index in [4.69, 9.17) is 9.52 Å². The first-order chi connectivity index (χ1) is 9.70. The molecular formula is C15H14N2O3. The van der Waals surface area contributed by atoms with Gasteiger partial charge in [0.05, 0.1) is 18.3 Å². The number of benzene rings is 1. The van der Waals surface area contributed by atoms with Crippen LogP contribution in [0.2, 0.25) is 0 Å². The smallest absolute Gasteiger partial charge is 0.252 e. The Labute approximate surface area is 116 Å². The minimum Gasteiger partial charge on any atom is -0.444 e. The van der Waals surface area contributed by atoms with Crippen molar-refractivity contribution in [2.75, 3.05) is 6.61 Å². The molecule has 0 unspecified atom stereocenters. The monoisotopic (exact) mass is 270 g/mol. The molecule has 0 radical (unpaired) electrons. The minimum atomic E-state index is -0.260. The summed E-state index contributed by atoms with van der Waals surface area (Å²) in [5.74, 6) is 6.17. The molecule has 0 spiro atoms. The fraction of sp³-hybridized carbons (Fsp3) is 0.200. The molecule has 0 atom stereocenters. The van der Waals surface area contributed by atoms with Crippen molar-refractivity contribution in [3.05, 3.63) is 53.2 Å². The van der Waals surface area contributed by atoms with E-state index in [9.17, 15) is 4.79 Å². The molecule has 1 amide bonds. The van der Waals surface area contributed by atoms with E-state index in [2.05, 4.69) is 22.1 Å². The van der Waals surface area contributed by atoms with Crippen molar-refractivity contribution in [3.8, 4) is 11.8 Å². The van der Waals surface area contributed by atoms with Crippen molar-refractivity contribution in [3.63, 3.8) is 0 Å². The summed E-state index contributed by atoms with van der Waals surface area (Å²) in [6, 6.07) is 6.95. The number of amides is 1. The van der Waals surface area contributed by atoms with Gasteiger partial charge in [0.25, 0.3) is 5.91 Å². The molecule has 2 N–H and O–H groups in total. The molecule has 0 aliphatic rings. The average molecular weight is 270 g/mol. The third-order valence-corrected chi connectivity index (χ3v) is 2.54. The lowest BCUT2D eigenvalue weighted by Gasteiger charge is -2.05. The second kappa shape index (κ2) is 6.55. The van der Waals surface area contributed by atoms with Crippen LogP contribution in [0.4, 0.5) is 0 Å². The zero-order valence-corrected chi connectivity index (χ0v) is 11.0. The van der Waals surface area contributed by atoms with Crippen LogP contribution >= 0.6 is 0 Å². The average Bonchev–Trinajstić information content (AvgIpc) is 2.88. The first-order valence-electron chi connectivity index (χ1n) is 6.09. The minimum absolute atomic E-state index is 0.217. The summed E-state index contributed by atoms with van der Waals surface area (Å²) < 4.78 is 5.28. The summed E-state index contributed by atoms with van der Waals surface area (Å²) in [6.45, 7) is 1.76. The van der Waals surface area contributed by atoms with Crippen LogP contribution in [0.1, 0.15) is 27.6 Å². The zero-order valence-electron chi connectivity index (χ0n) is 11.0. The third kappa shape index (κ3) is 3.46. The number of nitrogens with zero attached hydrogens (tertiary/aromatic N) is 1.